The Hall–Kier alpha value is -2.15. The van der Waals surface area contributed by atoms with Gasteiger partial charge in [0.25, 0.3) is 10.0 Å². The molecular formula is C18H20F3N3O4S2. The van der Waals surface area contributed by atoms with Gasteiger partial charge < -0.3 is 15.4 Å². The minimum atomic E-state index is -4.45. The van der Waals surface area contributed by atoms with Gasteiger partial charge >= 0.3 is 12.2 Å². The van der Waals surface area contributed by atoms with Crippen LogP contribution in [-0.4, -0.2) is 45.1 Å². The van der Waals surface area contributed by atoms with E-state index in [1.54, 1.807) is 6.07 Å². The van der Waals surface area contributed by atoms with E-state index in [0.29, 0.717) is 36.7 Å². The number of rotatable bonds is 6. The molecule has 0 bridgehead atoms. The summed E-state index contributed by atoms with van der Waals surface area (Å²) < 4.78 is 70.1. The number of amides is 2. The highest BCUT2D eigenvalue weighted by molar-refractivity contribution is 7.91. The van der Waals surface area contributed by atoms with E-state index in [1.807, 2.05) is 0 Å². The van der Waals surface area contributed by atoms with Gasteiger partial charge in [0.05, 0.1) is 25.3 Å². The van der Waals surface area contributed by atoms with E-state index in [0.717, 1.165) is 23.5 Å². The largest absolute Gasteiger partial charge is 0.416 e. The Labute approximate surface area is 175 Å². The minimum absolute atomic E-state index is 0.0726. The molecule has 2 N–H and O–H groups in total. The van der Waals surface area contributed by atoms with Crippen LogP contribution in [0.1, 0.15) is 16.0 Å². The third kappa shape index (κ3) is 5.72. The van der Waals surface area contributed by atoms with E-state index in [1.165, 1.54) is 22.5 Å². The van der Waals surface area contributed by atoms with Crippen molar-refractivity contribution in [3.8, 4) is 0 Å². The van der Waals surface area contributed by atoms with Crippen LogP contribution < -0.4 is 10.6 Å². The SMILES string of the molecule is O=C(NCc1cccc(C(F)(F)F)c1)NCc1ccc(S(=O)(=O)N2CCOCC2)s1. The average Bonchev–Trinajstić information content (AvgIpc) is 3.21. The number of carbonyl (C=O) groups excluding carboxylic acids is 1. The van der Waals surface area contributed by atoms with E-state index < -0.39 is 27.8 Å². The number of benzene rings is 1. The number of halogens is 3. The monoisotopic (exact) mass is 463 g/mol. The second-order valence-electron chi connectivity index (χ2n) is 6.47. The summed E-state index contributed by atoms with van der Waals surface area (Å²) in [5.74, 6) is 0. The molecule has 2 amide bonds. The van der Waals surface area contributed by atoms with Crippen LogP contribution >= 0.6 is 11.3 Å². The summed E-state index contributed by atoms with van der Waals surface area (Å²) in [7, 11) is -3.59. The number of hydrogen-bond acceptors (Lipinski definition) is 5. The normalized spacial score (nSPS) is 15.7. The predicted molar refractivity (Wildman–Crippen MR) is 104 cm³/mol. The number of nitrogens with one attached hydrogen (secondary N) is 2. The Balaban J connectivity index is 1.51. The van der Waals surface area contributed by atoms with Gasteiger partial charge in [-0.25, -0.2) is 13.2 Å². The molecule has 0 radical (unpaired) electrons. The molecule has 0 saturated carbocycles. The zero-order valence-electron chi connectivity index (χ0n) is 15.7. The summed E-state index contributed by atoms with van der Waals surface area (Å²) >= 11 is 1.06. The first kappa shape index (κ1) is 22.5. The van der Waals surface area contributed by atoms with Crippen molar-refractivity contribution in [2.24, 2.45) is 0 Å². The van der Waals surface area contributed by atoms with E-state index >= 15 is 0 Å². The summed E-state index contributed by atoms with van der Waals surface area (Å²) in [5, 5.41) is 5.05. The summed E-state index contributed by atoms with van der Waals surface area (Å²) in [6.07, 6.45) is -4.45. The number of ether oxygens (including phenoxy) is 1. The van der Waals surface area contributed by atoms with Crippen molar-refractivity contribution in [1.82, 2.24) is 14.9 Å². The maximum atomic E-state index is 12.7. The average molecular weight is 464 g/mol. The Bertz CT molecular complexity index is 987. The van der Waals surface area contributed by atoms with Crippen molar-refractivity contribution >= 4 is 27.4 Å². The Morgan fingerprint density at radius 3 is 2.50 bits per heavy atom. The molecule has 3 rings (SSSR count). The van der Waals surface area contributed by atoms with Crippen LogP contribution in [0.2, 0.25) is 0 Å². The number of thiophene rings is 1. The number of sulfonamides is 1. The van der Waals surface area contributed by atoms with E-state index in [2.05, 4.69) is 10.6 Å². The van der Waals surface area contributed by atoms with Gasteiger partial charge in [-0.05, 0) is 29.8 Å². The third-order valence-electron chi connectivity index (χ3n) is 4.33. The lowest BCUT2D eigenvalue weighted by Gasteiger charge is -2.25. The molecular weight excluding hydrogens is 443 g/mol. The van der Waals surface area contributed by atoms with E-state index in [4.69, 9.17) is 4.74 Å². The quantitative estimate of drug-likeness (QED) is 0.690. The lowest BCUT2D eigenvalue weighted by atomic mass is 10.1. The molecule has 1 aliphatic heterocycles. The molecule has 0 atom stereocenters. The molecule has 0 unspecified atom stereocenters. The molecule has 30 heavy (non-hydrogen) atoms. The first-order valence-electron chi connectivity index (χ1n) is 9.01. The molecule has 1 saturated heterocycles. The zero-order valence-corrected chi connectivity index (χ0v) is 17.4. The number of carbonyl (C=O) groups is 1. The lowest BCUT2D eigenvalue weighted by molar-refractivity contribution is -0.137. The topological polar surface area (TPSA) is 87.7 Å². The van der Waals surface area contributed by atoms with Crippen LogP contribution in [0.3, 0.4) is 0 Å². The molecule has 0 aliphatic carbocycles. The van der Waals surface area contributed by atoms with Gasteiger partial charge in [-0.3, -0.25) is 0 Å². The molecule has 164 valence electrons. The number of nitrogens with zero attached hydrogens (tertiary/aromatic N) is 1. The number of urea groups is 1. The zero-order chi connectivity index (χ0) is 21.8. The highest BCUT2D eigenvalue weighted by atomic mass is 32.2. The first-order valence-corrected chi connectivity index (χ1v) is 11.3. The van der Waals surface area contributed by atoms with E-state index in [9.17, 15) is 26.4 Å². The Kier molecular flexibility index (Phi) is 7.01. The highest BCUT2D eigenvalue weighted by Crippen LogP contribution is 2.29. The fourth-order valence-electron chi connectivity index (χ4n) is 2.78. The van der Waals surface area contributed by atoms with Crippen molar-refractivity contribution in [1.29, 1.82) is 0 Å². The Morgan fingerprint density at radius 1 is 1.10 bits per heavy atom. The maximum Gasteiger partial charge on any atom is 0.416 e. The van der Waals surface area contributed by atoms with Crippen molar-refractivity contribution in [2.45, 2.75) is 23.5 Å². The van der Waals surface area contributed by atoms with Gasteiger partial charge in [-0.2, -0.15) is 17.5 Å². The molecule has 12 heteroatoms. The molecule has 2 heterocycles. The molecule has 1 aromatic heterocycles. The second-order valence-corrected chi connectivity index (χ2v) is 9.80. The van der Waals surface area contributed by atoms with Crippen molar-refractivity contribution in [3.05, 3.63) is 52.4 Å². The Morgan fingerprint density at radius 2 is 1.80 bits per heavy atom. The predicted octanol–water partition coefficient (Wildman–Crippen LogP) is 2.79. The standard InChI is InChI=1S/C18H20F3N3O4S2/c19-18(20,21)14-3-1-2-13(10-14)11-22-17(25)23-12-15-4-5-16(29-15)30(26,27)24-6-8-28-9-7-24/h1-5,10H,6-9,11-12H2,(H2,22,23,25). The van der Waals surface area contributed by atoms with Crippen LogP contribution in [-0.2, 0) is 34.0 Å². The van der Waals surface area contributed by atoms with Gasteiger partial charge in [0.2, 0.25) is 0 Å². The van der Waals surface area contributed by atoms with E-state index in [-0.39, 0.29) is 17.3 Å². The van der Waals surface area contributed by atoms with Crippen molar-refractivity contribution < 1.29 is 31.1 Å². The number of morpholine rings is 1. The lowest BCUT2D eigenvalue weighted by Crippen LogP contribution is -2.40. The third-order valence-corrected chi connectivity index (χ3v) is 7.78. The number of alkyl halides is 3. The maximum absolute atomic E-state index is 12.7. The van der Waals surface area contributed by atoms with Gasteiger partial charge in [0.1, 0.15) is 4.21 Å². The fourth-order valence-corrected chi connectivity index (χ4v) is 5.63. The van der Waals surface area contributed by atoms with Crippen LogP contribution in [0.15, 0.2) is 40.6 Å². The van der Waals surface area contributed by atoms with Gasteiger partial charge in [0, 0.05) is 24.5 Å². The summed E-state index contributed by atoms with van der Waals surface area (Å²) in [6, 6.07) is 7.24. The van der Waals surface area contributed by atoms with Crippen LogP contribution in [0.5, 0.6) is 0 Å². The minimum Gasteiger partial charge on any atom is -0.379 e. The highest BCUT2D eigenvalue weighted by Gasteiger charge is 2.30. The van der Waals surface area contributed by atoms with Crippen molar-refractivity contribution in [2.75, 3.05) is 26.3 Å². The summed E-state index contributed by atoms with van der Waals surface area (Å²) in [5.41, 5.74) is -0.468. The van der Waals surface area contributed by atoms with Gasteiger partial charge in [-0.15, -0.1) is 11.3 Å². The molecule has 1 aromatic carbocycles. The van der Waals surface area contributed by atoms with Crippen LogP contribution in [0.25, 0.3) is 0 Å². The number of hydrogen-bond donors (Lipinski definition) is 2. The van der Waals surface area contributed by atoms with Gasteiger partial charge in [0.15, 0.2) is 0 Å². The second kappa shape index (κ2) is 9.33. The molecule has 7 nitrogen and oxygen atoms in total. The summed E-state index contributed by atoms with van der Waals surface area (Å²) in [4.78, 5) is 12.6. The van der Waals surface area contributed by atoms with Crippen LogP contribution in [0.4, 0.5) is 18.0 Å². The van der Waals surface area contributed by atoms with Crippen LogP contribution in [0, 0.1) is 0 Å². The molecule has 2 aromatic rings. The summed E-state index contributed by atoms with van der Waals surface area (Å²) in [6.45, 7) is 1.32. The first-order chi connectivity index (χ1) is 14.2. The fraction of sp³-hybridized carbons (Fsp3) is 0.389. The molecule has 1 fully saturated rings. The van der Waals surface area contributed by atoms with Gasteiger partial charge in [-0.1, -0.05) is 12.1 Å². The smallest absolute Gasteiger partial charge is 0.379 e. The molecule has 0 spiro atoms. The molecule has 1 aliphatic rings. The van der Waals surface area contributed by atoms with Crippen molar-refractivity contribution in [3.63, 3.8) is 0 Å².